The highest BCUT2D eigenvalue weighted by Gasteiger charge is 2.16. The van der Waals surface area contributed by atoms with Gasteiger partial charge in [-0.05, 0) is 18.8 Å². The monoisotopic (exact) mass is 639 g/mol. The fourth-order valence-electron chi connectivity index (χ4n) is 6.03. The number of aliphatic hydroxyl groups excluding tert-OH is 1. The molecule has 0 amide bonds. The van der Waals surface area contributed by atoms with E-state index in [2.05, 4.69) is 20.8 Å². The van der Waals surface area contributed by atoms with Gasteiger partial charge in [-0.25, -0.2) is 0 Å². The molecule has 0 aromatic heterocycles. The van der Waals surface area contributed by atoms with Crippen molar-refractivity contribution in [3.63, 3.8) is 0 Å². The first-order valence-corrected chi connectivity index (χ1v) is 20.0. The average Bonchev–Trinajstić information content (AvgIpc) is 3.02. The average molecular weight is 639 g/mol. The van der Waals surface area contributed by atoms with E-state index in [9.17, 15) is 14.7 Å². The van der Waals surface area contributed by atoms with Gasteiger partial charge >= 0.3 is 11.9 Å². The fourth-order valence-corrected chi connectivity index (χ4v) is 6.03. The van der Waals surface area contributed by atoms with Crippen LogP contribution in [0.2, 0.25) is 0 Å². The fraction of sp³-hybridized carbons (Fsp3) is 0.950. The molecular weight excluding hydrogens is 560 g/mol. The molecule has 0 aromatic carbocycles. The maximum absolute atomic E-state index is 12.2. The summed E-state index contributed by atoms with van der Waals surface area (Å²) in [6.07, 6.45) is 37.3. The second-order valence-corrected chi connectivity index (χ2v) is 14.2. The quantitative estimate of drug-likeness (QED) is 0.0546. The minimum Gasteiger partial charge on any atom is -0.462 e. The smallest absolute Gasteiger partial charge is 0.306 e. The van der Waals surface area contributed by atoms with E-state index in [0.717, 1.165) is 44.4 Å². The van der Waals surface area contributed by atoms with Crippen LogP contribution in [0.4, 0.5) is 0 Å². The summed E-state index contributed by atoms with van der Waals surface area (Å²) < 4.78 is 10.6. The van der Waals surface area contributed by atoms with Crippen LogP contribution in [0, 0.1) is 5.92 Å². The summed E-state index contributed by atoms with van der Waals surface area (Å²) in [5.41, 5.74) is 0. The van der Waals surface area contributed by atoms with E-state index in [0.29, 0.717) is 12.8 Å². The van der Waals surface area contributed by atoms with Gasteiger partial charge in [-0.3, -0.25) is 9.59 Å². The van der Waals surface area contributed by atoms with Crippen LogP contribution in [-0.2, 0) is 19.1 Å². The molecule has 45 heavy (non-hydrogen) atoms. The number of carbonyl (C=O) groups is 2. The number of aliphatic hydroxyl groups is 1. The molecule has 1 N–H and O–H groups in total. The van der Waals surface area contributed by atoms with Crippen molar-refractivity contribution in [3.05, 3.63) is 0 Å². The van der Waals surface area contributed by atoms with Crippen molar-refractivity contribution in [1.82, 2.24) is 0 Å². The standard InChI is InChI=1S/C40H78O5/c1-4-5-6-7-8-9-10-11-12-13-14-15-18-22-25-28-31-34-40(43)45-38(35-41)36-44-39(42)33-30-27-24-21-19-16-17-20-23-26-29-32-37(2)3/h37-38,41H,4-36H2,1-3H3/t38-/m0/s1. The first kappa shape index (κ1) is 43.9. The van der Waals surface area contributed by atoms with Crippen molar-refractivity contribution < 1.29 is 24.2 Å². The number of rotatable bonds is 36. The molecule has 5 heteroatoms. The van der Waals surface area contributed by atoms with Crippen LogP contribution < -0.4 is 0 Å². The highest BCUT2D eigenvalue weighted by atomic mass is 16.6. The highest BCUT2D eigenvalue weighted by molar-refractivity contribution is 5.70. The van der Waals surface area contributed by atoms with Gasteiger partial charge in [-0.15, -0.1) is 0 Å². The van der Waals surface area contributed by atoms with Gasteiger partial charge in [0.25, 0.3) is 0 Å². The predicted molar refractivity (Wildman–Crippen MR) is 192 cm³/mol. The summed E-state index contributed by atoms with van der Waals surface area (Å²) in [6.45, 7) is 6.50. The SMILES string of the molecule is CCCCCCCCCCCCCCCCCCCC(=O)O[C@@H](CO)COC(=O)CCCCCCCCCCCCCC(C)C. The summed E-state index contributed by atoms with van der Waals surface area (Å²) in [6, 6.07) is 0. The molecule has 0 radical (unpaired) electrons. The molecule has 5 nitrogen and oxygen atoms in total. The molecule has 0 aromatic rings. The van der Waals surface area contributed by atoms with E-state index in [4.69, 9.17) is 9.47 Å². The Balaban J connectivity index is 3.49. The first-order valence-electron chi connectivity index (χ1n) is 20.0. The molecule has 0 saturated heterocycles. The zero-order chi connectivity index (χ0) is 33.1. The lowest BCUT2D eigenvalue weighted by Gasteiger charge is -2.15. The Labute approximate surface area is 280 Å². The Morgan fingerprint density at radius 3 is 1.18 bits per heavy atom. The molecule has 0 bridgehead atoms. The molecule has 0 saturated carbocycles. The van der Waals surface area contributed by atoms with Gasteiger partial charge in [0.15, 0.2) is 6.10 Å². The number of carbonyl (C=O) groups excluding carboxylic acids is 2. The maximum Gasteiger partial charge on any atom is 0.306 e. The van der Waals surface area contributed by atoms with Crippen LogP contribution in [0.5, 0.6) is 0 Å². The van der Waals surface area contributed by atoms with E-state index in [1.54, 1.807) is 0 Å². The number of unbranched alkanes of at least 4 members (excludes halogenated alkanes) is 26. The summed E-state index contributed by atoms with van der Waals surface area (Å²) >= 11 is 0. The van der Waals surface area contributed by atoms with Crippen molar-refractivity contribution in [2.45, 2.75) is 226 Å². The van der Waals surface area contributed by atoms with Crippen molar-refractivity contribution in [2.24, 2.45) is 5.92 Å². The third kappa shape index (κ3) is 35.6. The van der Waals surface area contributed by atoms with E-state index in [1.165, 1.54) is 148 Å². The van der Waals surface area contributed by atoms with Crippen LogP contribution in [0.1, 0.15) is 220 Å². The van der Waals surface area contributed by atoms with Gasteiger partial charge in [0.1, 0.15) is 6.61 Å². The number of hydrogen-bond acceptors (Lipinski definition) is 5. The van der Waals surface area contributed by atoms with E-state index in [1.807, 2.05) is 0 Å². The van der Waals surface area contributed by atoms with E-state index < -0.39 is 6.10 Å². The zero-order valence-electron chi connectivity index (χ0n) is 30.6. The molecule has 0 aliphatic rings. The minimum atomic E-state index is -0.762. The van der Waals surface area contributed by atoms with Gasteiger partial charge in [0.05, 0.1) is 6.61 Å². The molecule has 0 spiro atoms. The minimum absolute atomic E-state index is 0.0579. The van der Waals surface area contributed by atoms with Gasteiger partial charge in [-0.1, -0.05) is 194 Å². The first-order chi connectivity index (χ1) is 22.0. The zero-order valence-corrected chi connectivity index (χ0v) is 30.6. The largest absolute Gasteiger partial charge is 0.462 e. The predicted octanol–water partition coefficient (Wildman–Crippen LogP) is 12.2. The van der Waals surface area contributed by atoms with Crippen LogP contribution in [0.25, 0.3) is 0 Å². The molecule has 0 rings (SSSR count). The Kier molecular flexibility index (Phi) is 34.9. The lowest BCUT2D eigenvalue weighted by Crippen LogP contribution is -2.28. The summed E-state index contributed by atoms with van der Waals surface area (Å²) in [4.78, 5) is 24.2. The molecular formula is C40H78O5. The topological polar surface area (TPSA) is 72.8 Å². The molecule has 268 valence electrons. The molecule has 0 fully saturated rings. The Morgan fingerprint density at radius 1 is 0.489 bits per heavy atom. The van der Waals surface area contributed by atoms with Gasteiger partial charge in [0, 0.05) is 12.8 Å². The normalized spacial score (nSPS) is 12.1. The van der Waals surface area contributed by atoms with Crippen molar-refractivity contribution in [1.29, 1.82) is 0 Å². The number of esters is 2. The number of hydrogen-bond donors (Lipinski definition) is 1. The van der Waals surface area contributed by atoms with Crippen LogP contribution in [-0.4, -0.2) is 36.4 Å². The Morgan fingerprint density at radius 2 is 0.822 bits per heavy atom. The van der Waals surface area contributed by atoms with Crippen LogP contribution in [0.15, 0.2) is 0 Å². The van der Waals surface area contributed by atoms with Crippen molar-refractivity contribution >= 4 is 11.9 Å². The molecule has 0 aliphatic heterocycles. The Hall–Kier alpha value is -1.10. The van der Waals surface area contributed by atoms with Gasteiger partial charge in [-0.2, -0.15) is 0 Å². The summed E-state index contributed by atoms with van der Waals surface area (Å²) in [5, 5.41) is 9.55. The van der Waals surface area contributed by atoms with E-state index in [-0.39, 0.29) is 25.2 Å². The van der Waals surface area contributed by atoms with E-state index >= 15 is 0 Å². The van der Waals surface area contributed by atoms with Crippen LogP contribution >= 0.6 is 0 Å². The molecule has 0 aliphatic carbocycles. The van der Waals surface area contributed by atoms with Crippen molar-refractivity contribution in [2.75, 3.05) is 13.2 Å². The summed E-state index contributed by atoms with van der Waals surface area (Å²) in [7, 11) is 0. The van der Waals surface area contributed by atoms with Gasteiger partial charge in [0.2, 0.25) is 0 Å². The van der Waals surface area contributed by atoms with Crippen molar-refractivity contribution in [3.8, 4) is 0 Å². The van der Waals surface area contributed by atoms with Gasteiger partial charge < -0.3 is 14.6 Å². The Bertz CT molecular complexity index is 620. The number of ether oxygens (including phenoxy) is 2. The second kappa shape index (κ2) is 35.7. The lowest BCUT2D eigenvalue weighted by atomic mass is 10.0. The third-order valence-corrected chi connectivity index (χ3v) is 9.08. The third-order valence-electron chi connectivity index (χ3n) is 9.08. The van der Waals surface area contributed by atoms with Crippen LogP contribution in [0.3, 0.4) is 0 Å². The highest BCUT2D eigenvalue weighted by Crippen LogP contribution is 2.16. The second-order valence-electron chi connectivity index (χ2n) is 14.2. The maximum atomic E-state index is 12.2. The molecule has 1 atom stereocenters. The summed E-state index contributed by atoms with van der Waals surface area (Å²) in [5.74, 6) is 0.259. The molecule has 0 heterocycles. The molecule has 0 unspecified atom stereocenters. The lowest BCUT2D eigenvalue weighted by molar-refractivity contribution is -0.161.